The van der Waals surface area contributed by atoms with Crippen LogP contribution in [-0.4, -0.2) is 4.57 Å². The van der Waals surface area contributed by atoms with Gasteiger partial charge in [-0.15, -0.1) is 0 Å². The van der Waals surface area contributed by atoms with Crippen molar-refractivity contribution in [2.45, 2.75) is 6.92 Å². The highest BCUT2D eigenvalue weighted by molar-refractivity contribution is 5.77. The molecule has 1 heteroatoms. The van der Waals surface area contributed by atoms with Crippen LogP contribution < -0.4 is 0 Å². The average Bonchev–Trinajstić information content (AvgIpc) is 2.82. The van der Waals surface area contributed by atoms with E-state index in [0.29, 0.717) is 0 Å². The van der Waals surface area contributed by atoms with Gasteiger partial charge in [0.1, 0.15) is 0 Å². The van der Waals surface area contributed by atoms with E-state index in [4.69, 9.17) is 0 Å². The van der Waals surface area contributed by atoms with Crippen LogP contribution in [0, 0.1) is 6.92 Å². The molecule has 0 fully saturated rings. The lowest BCUT2D eigenvalue weighted by Crippen LogP contribution is -1.98. The van der Waals surface area contributed by atoms with Gasteiger partial charge < -0.3 is 4.57 Å². The number of hydrogen-bond acceptors (Lipinski definition) is 0. The SMILES string of the molecule is C=C/C=C\c1c(/C=C\C=C)c(C=C)n(-c2ccccc2)c1C. The molecule has 0 unspecified atom stereocenters. The zero-order valence-corrected chi connectivity index (χ0v) is 13.0. The van der Waals surface area contributed by atoms with Crippen molar-refractivity contribution in [2.24, 2.45) is 0 Å². The first-order valence-electron chi connectivity index (χ1n) is 7.26. The average molecular weight is 287 g/mol. The molecule has 0 amide bonds. The Balaban J connectivity index is 2.79. The summed E-state index contributed by atoms with van der Waals surface area (Å²) in [5.41, 5.74) is 5.67. The summed E-state index contributed by atoms with van der Waals surface area (Å²) >= 11 is 0. The highest BCUT2D eigenvalue weighted by atomic mass is 15.0. The molecular weight excluding hydrogens is 266 g/mol. The standard InChI is InChI=1S/C21H21N/c1-5-8-15-19-17(4)22(18-13-11-10-12-14-18)21(7-3)20(19)16-9-6-2/h5-16H,1-3H2,4H3/b15-8-,16-9-. The van der Waals surface area contributed by atoms with Gasteiger partial charge in [0.25, 0.3) is 0 Å². The summed E-state index contributed by atoms with van der Waals surface area (Å²) in [4.78, 5) is 0. The van der Waals surface area contributed by atoms with Crippen molar-refractivity contribution < 1.29 is 0 Å². The fraction of sp³-hybridized carbons (Fsp3) is 0.0476. The predicted molar refractivity (Wildman–Crippen MR) is 99.1 cm³/mol. The van der Waals surface area contributed by atoms with Gasteiger partial charge >= 0.3 is 0 Å². The summed E-state index contributed by atoms with van der Waals surface area (Å²) in [6, 6.07) is 10.3. The Kier molecular flexibility index (Phi) is 5.16. The van der Waals surface area contributed by atoms with Crippen molar-refractivity contribution in [2.75, 3.05) is 0 Å². The van der Waals surface area contributed by atoms with Crippen LogP contribution in [0.5, 0.6) is 0 Å². The van der Waals surface area contributed by atoms with E-state index in [-0.39, 0.29) is 0 Å². The number of allylic oxidation sites excluding steroid dienone is 4. The second kappa shape index (κ2) is 7.28. The number of rotatable bonds is 6. The van der Waals surface area contributed by atoms with Crippen LogP contribution in [0.1, 0.15) is 22.5 Å². The molecule has 1 nitrogen and oxygen atoms in total. The van der Waals surface area contributed by atoms with Crippen LogP contribution >= 0.6 is 0 Å². The van der Waals surface area contributed by atoms with E-state index in [2.05, 4.69) is 55.5 Å². The summed E-state index contributed by atoms with van der Waals surface area (Å²) < 4.78 is 2.22. The smallest absolute Gasteiger partial charge is 0.0531 e. The number of benzene rings is 1. The summed E-state index contributed by atoms with van der Waals surface area (Å²) in [5, 5.41) is 0. The molecule has 0 N–H and O–H groups in total. The minimum absolute atomic E-state index is 1.07. The Morgan fingerprint density at radius 3 is 2.00 bits per heavy atom. The Morgan fingerprint density at radius 1 is 0.864 bits per heavy atom. The molecule has 1 aromatic carbocycles. The molecule has 0 aliphatic carbocycles. The lowest BCUT2D eigenvalue weighted by atomic mass is 10.1. The van der Waals surface area contributed by atoms with Crippen molar-refractivity contribution in [1.82, 2.24) is 4.57 Å². The third kappa shape index (κ3) is 2.94. The first-order chi connectivity index (χ1) is 10.7. The number of para-hydroxylation sites is 1. The molecule has 0 saturated heterocycles. The Hall–Kier alpha value is -2.80. The molecule has 0 atom stereocenters. The molecular formula is C21H21N. The molecule has 2 rings (SSSR count). The van der Waals surface area contributed by atoms with Crippen molar-refractivity contribution in [1.29, 1.82) is 0 Å². The van der Waals surface area contributed by atoms with Gasteiger partial charge in [-0.2, -0.15) is 0 Å². The van der Waals surface area contributed by atoms with E-state index in [1.807, 2.05) is 36.4 Å². The minimum Gasteiger partial charge on any atom is -0.313 e. The van der Waals surface area contributed by atoms with Crippen LogP contribution in [-0.2, 0) is 0 Å². The van der Waals surface area contributed by atoms with E-state index in [1.54, 1.807) is 12.2 Å². The lowest BCUT2D eigenvalue weighted by molar-refractivity contribution is 1.000. The Bertz CT molecular complexity index is 740. The zero-order chi connectivity index (χ0) is 15.9. The fourth-order valence-electron chi connectivity index (χ4n) is 2.58. The van der Waals surface area contributed by atoms with Crippen molar-refractivity contribution in [3.05, 3.63) is 96.9 Å². The van der Waals surface area contributed by atoms with Gasteiger partial charge in [0, 0.05) is 22.5 Å². The maximum atomic E-state index is 4.00. The maximum absolute atomic E-state index is 4.00. The molecule has 0 radical (unpaired) electrons. The molecule has 0 aliphatic heterocycles. The predicted octanol–water partition coefficient (Wildman–Crippen LogP) is 5.83. The van der Waals surface area contributed by atoms with E-state index < -0.39 is 0 Å². The summed E-state index contributed by atoms with van der Waals surface area (Å²) in [6.45, 7) is 13.6. The molecule has 2 aromatic rings. The summed E-state index contributed by atoms with van der Waals surface area (Å²) in [5.74, 6) is 0. The van der Waals surface area contributed by atoms with Gasteiger partial charge in [-0.25, -0.2) is 0 Å². The molecule has 0 bridgehead atoms. The fourth-order valence-corrected chi connectivity index (χ4v) is 2.58. The van der Waals surface area contributed by atoms with Crippen molar-refractivity contribution in [3.8, 4) is 5.69 Å². The summed E-state index contributed by atoms with van der Waals surface area (Å²) in [6.07, 6.45) is 13.5. The Morgan fingerprint density at radius 2 is 1.45 bits per heavy atom. The summed E-state index contributed by atoms with van der Waals surface area (Å²) in [7, 11) is 0. The number of nitrogens with zero attached hydrogens (tertiary/aromatic N) is 1. The van der Waals surface area contributed by atoms with Crippen molar-refractivity contribution >= 4 is 18.2 Å². The third-order valence-corrected chi connectivity index (χ3v) is 3.54. The monoisotopic (exact) mass is 287 g/mol. The molecule has 0 spiro atoms. The highest BCUT2D eigenvalue weighted by Crippen LogP contribution is 2.30. The van der Waals surface area contributed by atoms with E-state index in [9.17, 15) is 0 Å². The van der Waals surface area contributed by atoms with Crippen LogP contribution in [0.3, 0.4) is 0 Å². The normalized spacial score (nSPS) is 11.1. The maximum Gasteiger partial charge on any atom is 0.0531 e. The highest BCUT2D eigenvalue weighted by Gasteiger charge is 2.15. The van der Waals surface area contributed by atoms with Crippen molar-refractivity contribution in [3.63, 3.8) is 0 Å². The molecule has 1 aromatic heterocycles. The van der Waals surface area contributed by atoms with Crippen LogP contribution in [0.2, 0.25) is 0 Å². The van der Waals surface area contributed by atoms with Gasteiger partial charge in [-0.1, -0.05) is 74.4 Å². The second-order valence-corrected chi connectivity index (χ2v) is 4.86. The van der Waals surface area contributed by atoms with Crippen LogP contribution in [0.25, 0.3) is 23.9 Å². The molecule has 110 valence electrons. The zero-order valence-electron chi connectivity index (χ0n) is 13.0. The molecule has 22 heavy (non-hydrogen) atoms. The molecule has 0 saturated carbocycles. The first kappa shape index (κ1) is 15.6. The molecule has 0 aliphatic rings. The largest absolute Gasteiger partial charge is 0.313 e. The lowest BCUT2D eigenvalue weighted by Gasteiger charge is -2.09. The second-order valence-electron chi connectivity index (χ2n) is 4.86. The van der Waals surface area contributed by atoms with Gasteiger partial charge in [-0.05, 0) is 25.1 Å². The van der Waals surface area contributed by atoms with E-state index >= 15 is 0 Å². The first-order valence-corrected chi connectivity index (χ1v) is 7.26. The Labute approximate surface area is 132 Å². The van der Waals surface area contributed by atoms with Crippen LogP contribution in [0.4, 0.5) is 0 Å². The van der Waals surface area contributed by atoms with E-state index in [1.165, 1.54) is 5.69 Å². The van der Waals surface area contributed by atoms with Gasteiger partial charge in [0.15, 0.2) is 0 Å². The molecule has 1 heterocycles. The number of aromatic nitrogens is 1. The van der Waals surface area contributed by atoms with Gasteiger partial charge in [0.2, 0.25) is 0 Å². The topological polar surface area (TPSA) is 4.93 Å². The van der Waals surface area contributed by atoms with E-state index in [0.717, 1.165) is 22.5 Å². The van der Waals surface area contributed by atoms with Gasteiger partial charge in [0.05, 0.1) is 5.69 Å². The minimum atomic E-state index is 1.07. The van der Waals surface area contributed by atoms with Gasteiger partial charge in [-0.3, -0.25) is 0 Å². The number of hydrogen-bond donors (Lipinski definition) is 0. The third-order valence-electron chi connectivity index (χ3n) is 3.54. The quantitative estimate of drug-likeness (QED) is 0.589. The van der Waals surface area contributed by atoms with Crippen LogP contribution in [0.15, 0.2) is 74.4 Å².